The maximum absolute atomic E-state index is 13.8. The summed E-state index contributed by atoms with van der Waals surface area (Å²) >= 11 is 5.89. The number of carbonyl (C=O) groups excluding carboxylic acids is 1. The minimum atomic E-state index is -0.666. The highest BCUT2D eigenvalue weighted by Gasteiger charge is 2.19. The van der Waals surface area contributed by atoms with Crippen molar-refractivity contribution in [2.24, 2.45) is 0 Å². The van der Waals surface area contributed by atoms with Gasteiger partial charge in [0, 0.05) is 19.2 Å². The highest BCUT2D eigenvalue weighted by Crippen LogP contribution is 2.26. The molecule has 2 aromatic rings. The molecule has 0 radical (unpaired) electrons. The number of para-hydroxylation sites is 1. The second-order valence-corrected chi connectivity index (χ2v) is 5.18. The molecule has 2 aromatic carbocycles. The first-order valence-corrected chi connectivity index (χ1v) is 7.34. The summed E-state index contributed by atoms with van der Waals surface area (Å²) in [4.78, 5) is 12.2. The molecule has 0 fully saturated rings. The number of ether oxygens (including phenoxy) is 2. The van der Waals surface area contributed by atoms with Crippen LogP contribution in [0.2, 0.25) is 5.02 Å². The quantitative estimate of drug-likeness (QED) is 0.876. The fourth-order valence-corrected chi connectivity index (χ4v) is 2.49. The lowest BCUT2D eigenvalue weighted by Crippen LogP contribution is -2.30. The molecular weight excluding hydrogens is 321 g/mol. The summed E-state index contributed by atoms with van der Waals surface area (Å²) in [6, 6.07) is 11.4. The maximum Gasteiger partial charge on any atom is 0.255 e. The van der Waals surface area contributed by atoms with Gasteiger partial charge in [-0.25, -0.2) is 4.39 Å². The Morgan fingerprint density at radius 2 is 1.96 bits per heavy atom. The van der Waals surface area contributed by atoms with Gasteiger partial charge in [0.05, 0.1) is 17.7 Å². The summed E-state index contributed by atoms with van der Waals surface area (Å²) in [5, 5.41) is 2.70. The van der Waals surface area contributed by atoms with Crippen molar-refractivity contribution in [1.82, 2.24) is 5.32 Å². The fourth-order valence-electron chi connectivity index (χ4n) is 2.24. The SMILES string of the molecule is COc1ccccc1C(CNC(=O)c1c(F)cccc1Cl)OC. The van der Waals surface area contributed by atoms with Crippen molar-refractivity contribution in [2.45, 2.75) is 6.10 Å². The fraction of sp³-hybridized carbons (Fsp3) is 0.235. The zero-order chi connectivity index (χ0) is 16.8. The van der Waals surface area contributed by atoms with Crippen LogP contribution in [-0.2, 0) is 4.74 Å². The third kappa shape index (κ3) is 4.00. The van der Waals surface area contributed by atoms with Crippen molar-refractivity contribution in [1.29, 1.82) is 0 Å². The predicted molar refractivity (Wildman–Crippen MR) is 86.5 cm³/mol. The molecule has 1 amide bonds. The van der Waals surface area contributed by atoms with Crippen molar-refractivity contribution in [2.75, 3.05) is 20.8 Å². The van der Waals surface area contributed by atoms with Crippen LogP contribution in [0.25, 0.3) is 0 Å². The molecule has 4 nitrogen and oxygen atoms in total. The minimum Gasteiger partial charge on any atom is -0.496 e. The summed E-state index contributed by atoms with van der Waals surface area (Å²) in [7, 11) is 3.09. The van der Waals surface area contributed by atoms with Crippen molar-refractivity contribution >= 4 is 17.5 Å². The first-order chi connectivity index (χ1) is 11.1. The molecule has 23 heavy (non-hydrogen) atoms. The Kier molecular flexibility index (Phi) is 5.96. The van der Waals surface area contributed by atoms with Crippen LogP contribution < -0.4 is 10.1 Å². The van der Waals surface area contributed by atoms with E-state index < -0.39 is 17.8 Å². The number of nitrogens with one attached hydrogen (secondary N) is 1. The van der Waals surface area contributed by atoms with Crippen LogP contribution in [0, 0.1) is 5.82 Å². The third-order valence-electron chi connectivity index (χ3n) is 3.41. The van der Waals surface area contributed by atoms with Crippen LogP contribution in [0.5, 0.6) is 5.75 Å². The molecule has 0 saturated heterocycles. The van der Waals surface area contributed by atoms with Gasteiger partial charge in [0.15, 0.2) is 0 Å². The summed E-state index contributed by atoms with van der Waals surface area (Å²) < 4.78 is 24.4. The van der Waals surface area contributed by atoms with Crippen LogP contribution in [0.3, 0.4) is 0 Å². The van der Waals surface area contributed by atoms with E-state index in [0.29, 0.717) is 5.75 Å². The molecule has 6 heteroatoms. The summed E-state index contributed by atoms with van der Waals surface area (Å²) in [6.07, 6.45) is -0.430. The Labute approximate surface area is 139 Å². The second kappa shape index (κ2) is 7.94. The molecule has 122 valence electrons. The van der Waals surface area contributed by atoms with Gasteiger partial charge in [-0.2, -0.15) is 0 Å². The number of carbonyl (C=O) groups is 1. The van der Waals surface area contributed by atoms with Crippen LogP contribution in [-0.4, -0.2) is 26.7 Å². The topological polar surface area (TPSA) is 47.6 Å². The van der Waals surface area contributed by atoms with Crippen LogP contribution >= 0.6 is 11.6 Å². The second-order valence-electron chi connectivity index (χ2n) is 4.77. The lowest BCUT2D eigenvalue weighted by molar-refractivity contribution is 0.0816. The maximum atomic E-state index is 13.8. The Hall–Kier alpha value is -2.11. The number of amides is 1. The van der Waals surface area contributed by atoms with Gasteiger partial charge in [-0.05, 0) is 18.2 Å². The first kappa shape index (κ1) is 17.2. The molecule has 1 N–H and O–H groups in total. The van der Waals surface area contributed by atoms with E-state index in [2.05, 4.69) is 5.32 Å². The molecule has 0 heterocycles. The molecule has 1 unspecified atom stereocenters. The zero-order valence-electron chi connectivity index (χ0n) is 12.8. The number of hydrogen-bond acceptors (Lipinski definition) is 3. The van der Waals surface area contributed by atoms with E-state index in [1.54, 1.807) is 13.2 Å². The molecule has 0 bridgehead atoms. The minimum absolute atomic E-state index is 0.0637. The van der Waals surface area contributed by atoms with Gasteiger partial charge < -0.3 is 14.8 Å². The number of rotatable bonds is 6. The van der Waals surface area contributed by atoms with Gasteiger partial charge in [0.1, 0.15) is 17.7 Å². The van der Waals surface area contributed by atoms with Crippen molar-refractivity contribution < 1.29 is 18.7 Å². The molecule has 0 aromatic heterocycles. The normalized spacial score (nSPS) is 11.8. The predicted octanol–water partition coefficient (Wildman–Crippen LogP) is 3.61. The molecule has 0 aliphatic heterocycles. The van der Waals surface area contributed by atoms with E-state index in [-0.39, 0.29) is 17.1 Å². The Bertz CT molecular complexity index is 673. The largest absolute Gasteiger partial charge is 0.496 e. The van der Waals surface area contributed by atoms with E-state index >= 15 is 0 Å². The standard InChI is InChI=1S/C17H17ClFNO3/c1-22-14-9-4-3-6-11(14)15(23-2)10-20-17(21)16-12(18)7-5-8-13(16)19/h3-9,15H,10H2,1-2H3,(H,20,21). The molecule has 0 aliphatic carbocycles. The van der Waals surface area contributed by atoms with E-state index in [4.69, 9.17) is 21.1 Å². The lowest BCUT2D eigenvalue weighted by Gasteiger charge is -2.19. The average Bonchev–Trinajstić information content (AvgIpc) is 2.55. The number of methoxy groups -OCH3 is 2. The van der Waals surface area contributed by atoms with Crippen molar-refractivity contribution in [3.8, 4) is 5.75 Å². The van der Waals surface area contributed by atoms with Gasteiger partial charge >= 0.3 is 0 Å². The molecule has 0 spiro atoms. The Balaban J connectivity index is 2.13. The van der Waals surface area contributed by atoms with Gasteiger partial charge in [-0.15, -0.1) is 0 Å². The molecule has 0 saturated carbocycles. The van der Waals surface area contributed by atoms with Gasteiger partial charge in [-0.1, -0.05) is 35.9 Å². The number of benzene rings is 2. The van der Waals surface area contributed by atoms with E-state index in [1.807, 2.05) is 18.2 Å². The lowest BCUT2D eigenvalue weighted by atomic mass is 10.1. The van der Waals surface area contributed by atoms with Crippen molar-refractivity contribution in [3.05, 3.63) is 64.4 Å². The zero-order valence-corrected chi connectivity index (χ0v) is 13.6. The summed E-state index contributed by atoms with van der Waals surface area (Å²) in [6.45, 7) is 0.153. The van der Waals surface area contributed by atoms with Crippen molar-refractivity contribution in [3.63, 3.8) is 0 Å². The molecule has 1 atom stereocenters. The monoisotopic (exact) mass is 337 g/mol. The molecular formula is C17H17ClFNO3. The average molecular weight is 338 g/mol. The molecule has 2 rings (SSSR count). The van der Waals surface area contributed by atoms with Gasteiger partial charge in [0.25, 0.3) is 5.91 Å². The Morgan fingerprint density at radius 1 is 1.22 bits per heavy atom. The van der Waals surface area contributed by atoms with E-state index in [1.165, 1.54) is 25.3 Å². The van der Waals surface area contributed by atoms with E-state index in [0.717, 1.165) is 5.56 Å². The van der Waals surface area contributed by atoms with Crippen LogP contribution in [0.15, 0.2) is 42.5 Å². The van der Waals surface area contributed by atoms with E-state index in [9.17, 15) is 9.18 Å². The summed E-state index contributed by atoms with van der Waals surface area (Å²) in [5.74, 6) is -0.608. The molecule has 0 aliphatic rings. The smallest absolute Gasteiger partial charge is 0.255 e. The highest BCUT2D eigenvalue weighted by atomic mass is 35.5. The van der Waals surface area contributed by atoms with Crippen LogP contribution in [0.4, 0.5) is 4.39 Å². The van der Waals surface area contributed by atoms with Gasteiger partial charge in [-0.3, -0.25) is 4.79 Å². The highest BCUT2D eigenvalue weighted by molar-refractivity contribution is 6.33. The summed E-state index contributed by atoms with van der Waals surface area (Å²) in [5.41, 5.74) is 0.612. The Morgan fingerprint density at radius 3 is 2.61 bits per heavy atom. The third-order valence-corrected chi connectivity index (χ3v) is 3.72. The first-order valence-electron chi connectivity index (χ1n) is 6.96. The number of hydrogen-bond donors (Lipinski definition) is 1. The number of halogens is 2. The van der Waals surface area contributed by atoms with Crippen LogP contribution in [0.1, 0.15) is 22.0 Å². The van der Waals surface area contributed by atoms with Gasteiger partial charge in [0.2, 0.25) is 0 Å².